The number of rotatable bonds is 6. The molecule has 0 saturated heterocycles. The minimum Gasteiger partial charge on any atom is -0.495 e. The first-order valence-electron chi connectivity index (χ1n) is 8.28. The highest BCUT2D eigenvalue weighted by Gasteiger charge is 2.15. The third-order valence-corrected chi connectivity index (χ3v) is 3.90. The van der Waals surface area contributed by atoms with E-state index >= 15 is 0 Å². The fourth-order valence-electron chi connectivity index (χ4n) is 2.70. The quantitative estimate of drug-likeness (QED) is 0.613. The van der Waals surface area contributed by atoms with Crippen LogP contribution in [0.3, 0.4) is 0 Å². The molecule has 2 nitrogen and oxygen atoms in total. The summed E-state index contributed by atoms with van der Waals surface area (Å²) in [5.74, 6) is 0.818. The van der Waals surface area contributed by atoms with Gasteiger partial charge in [-0.3, -0.25) is 0 Å². The van der Waals surface area contributed by atoms with Crippen molar-refractivity contribution in [2.75, 3.05) is 7.11 Å². The lowest BCUT2D eigenvalue weighted by Gasteiger charge is -2.16. The average Bonchev–Trinajstić information content (AvgIpc) is 2.65. The van der Waals surface area contributed by atoms with Crippen molar-refractivity contribution in [2.45, 2.75) is 26.7 Å². The lowest BCUT2D eigenvalue weighted by Crippen LogP contribution is -1.96. The lowest BCUT2D eigenvalue weighted by molar-refractivity contribution is 0.415. The molecule has 2 rings (SSSR count). The second kappa shape index (κ2) is 8.74. The summed E-state index contributed by atoms with van der Waals surface area (Å²) >= 11 is 0. The molecule has 0 aliphatic rings. The van der Waals surface area contributed by atoms with Gasteiger partial charge in [-0.25, -0.2) is 0 Å². The minimum atomic E-state index is 0.642. The van der Waals surface area contributed by atoms with E-state index in [1.165, 1.54) is 0 Å². The van der Waals surface area contributed by atoms with Crippen LogP contribution in [0.2, 0.25) is 0 Å². The van der Waals surface area contributed by atoms with Crippen LogP contribution in [-0.4, -0.2) is 7.11 Å². The molecule has 2 aromatic carbocycles. The Bertz CT molecular complexity index is 780. The Labute approximate surface area is 144 Å². The number of hydrogen-bond acceptors (Lipinski definition) is 2. The number of hydrogen-bond donors (Lipinski definition) is 0. The Morgan fingerprint density at radius 1 is 1.17 bits per heavy atom. The third kappa shape index (κ3) is 3.94. The van der Waals surface area contributed by atoms with Gasteiger partial charge >= 0.3 is 0 Å². The van der Waals surface area contributed by atoms with E-state index in [1.807, 2.05) is 42.5 Å². The van der Waals surface area contributed by atoms with Crippen LogP contribution in [0.1, 0.15) is 37.8 Å². The Morgan fingerprint density at radius 3 is 2.50 bits per heavy atom. The molecule has 0 spiro atoms. The third-order valence-electron chi connectivity index (χ3n) is 3.90. The second-order valence-electron chi connectivity index (χ2n) is 5.46. The van der Waals surface area contributed by atoms with Crippen molar-refractivity contribution in [2.24, 2.45) is 0 Å². The van der Waals surface area contributed by atoms with Crippen LogP contribution in [0, 0.1) is 11.3 Å². The number of nitriles is 1. The molecule has 0 aliphatic carbocycles. The van der Waals surface area contributed by atoms with Crippen LogP contribution < -0.4 is 4.74 Å². The maximum absolute atomic E-state index is 9.44. The first kappa shape index (κ1) is 17.6. The molecule has 0 saturated carbocycles. The van der Waals surface area contributed by atoms with E-state index < -0.39 is 0 Å². The van der Waals surface area contributed by atoms with Gasteiger partial charge in [-0.1, -0.05) is 62.4 Å². The summed E-state index contributed by atoms with van der Waals surface area (Å²) in [6, 6.07) is 16.1. The van der Waals surface area contributed by atoms with E-state index in [2.05, 4.69) is 38.1 Å². The van der Waals surface area contributed by atoms with Gasteiger partial charge in [-0.05, 0) is 36.1 Å². The number of benzene rings is 2. The molecule has 2 aromatic rings. The predicted octanol–water partition coefficient (Wildman–Crippen LogP) is 5.99. The summed E-state index contributed by atoms with van der Waals surface area (Å²) in [5, 5.41) is 9.44. The Kier molecular flexibility index (Phi) is 6.40. The van der Waals surface area contributed by atoms with Gasteiger partial charge in [0.2, 0.25) is 0 Å². The van der Waals surface area contributed by atoms with Crippen LogP contribution >= 0.6 is 0 Å². The van der Waals surface area contributed by atoms with Crippen molar-refractivity contribution in [1.82, 2.24) is 0 Å². The summed E-state index contributed by atoms with van der Waals surface area (Å²) in [6.45, 7) is 4.23. The molecule has 0 aliphatic heterocycles. The van der Waals surface area contributed by atoms with Gasteiger partial charge in [0.1, 0.15) is 5.75 Å². The largest absolute Gasteiger partial charge is 0.495 e. The molecule has 0 atom stereocenters. The van der Waals surface area contributed by atoms with Crippen LogP contribution in [0.5, 0.6) is 5.75 Å². The number of ether oxygens (including phenoxy) is 1. The van der Waals surface area contributed by atoms with Gasteiger partial charge in [0.05, 0.1) is 18.7 Å². The summed E-state index contributed by atoms with van der Waals surface area (Å²) in [5.41, 5.74) is 4.78. The first-order chi connectivity index (χ1) is 11.7. The molecule has 122 valence electrons. The molecule has 0 amide bonds. The van der Waals surface area contributed by atoms with Gasteiger partial charge in [0.25, 0.3) is 0 Å². The summed E-state index contributed by atoms with van der Waals surface area (Å²) in [6.07, 6.45) is 8.16. The monoisotopic (exact) mass is 317 g/mol. The molecule has 0 radical (unpaired) electrons. The highest BCUT2D eigenvalue weighted by molar-refractivity contribution is 5.82. The molecule has 0 bridgehead atoms. The Morgan fingerprint density at radius 2 is 1.92 bits per heavy atom. The molecule has 24 heavy (non-hydrogen) atoms. The fourth-order valence-corrected chi connectivity index (χ4v) is 2.70. The van der Waals surface area contributed by atoms with Crippen molar-refractivity contribution < 1.29 is 4.74 Å². The Balaban J connectivity index is 2.69. The van der Waals surface area contributed by atoms with E-state index in [-0.39, 0.29) is 0 Å². The van der Waals surface area contributed by atoms with Crippen molar-refractivity contribution in [3.63, 3.8) is 0 Å². The smallest absolute Gasteiger partial charge is 0.134 e. The molecule has 2 heteroatoms. The van der Waals surface area contributed by atoms with Gasteiger partial charge in [0.15, 0.2) is 0 Å². The molecule has 0 heterocycles. The van der Waals surface area contributed by atoms with E-state index in [4.69, 9.17) is 4.74 Å². The standard InChI is InChI=1S/C22H23NO/c1-4-6-8-11-18(5-2)20-14-17(16-23)15-21(22(20)24-3)19-12-9-7-10-13-19/h6-15H,4-5H2,1-3H3/b8-6-,18-11+. The topological polar surface area (TPSA) is 33.0 Å². The van der Waals surface area contributed by atoms with Crippen molar-refractivity contribution in [3.8, 4) is 22.9 Å². The molecular weight excluding hydrogens is 294 g/mol. The van der Waals surface area contributed by atoms with Crippen molar-refractivity contribution in [3.05, 3.63) is 71.8 Å². The van der Waals surface area contributed by atoms with Crippen LogP contribution in [0.4, 0.5) is 0 Å². The maximum Gasteiger partial charge on any atom is 0.134 e. The fraction of sp³-hybridized carbons (Fsp3) is 0.227. The SMILES string of the molecule is CC/C=C\C=C(/CC)c1cc(C#N)cc(-c2ccccc2)c1OC. The van der Waals surface area contributed by atoms with Gasteiger partial charge in [0, 0.05) is 11.1 Å². The number of nitrogens with zero attached hydrogens (tertiary/aromatic N) is 1. The number of methoxy groups -OCH3 is 1. The van der Waals surface area contributed by atoms with E-state index in [9.17, 15) is 5.26 Å². The highest BCUT2D eigenvalue weighted by Crippen LogP contribution is 2.38. The lowest BCUT2D eigenvalue weighted by atomic mass is 9.93. The van der Waals surface area contributed by atoms with Crippen LogP contribution in [0.25, 0.3) is 16.7 Å². The zero-order chi connectivity index (χ0) is 17.4. The van der Waals surface area contributed by atoms with Crippen molar-refractivity contribution >= 4 is 5.57 Å². The second-order valence-corrected chi connectivity index (χ2v) is 5.46. The van der Waals surface area contributed by atoms with E-state index in [0.717, 1.165) is 40.9 Å². The summed E-state index contributed by atoms with van der Waals surface area (Å²) < 4.78 is 5.75. The zero-order valence-electron chi connectivity index (χ0n) is 14.5. The Hall–Kier alpha value is -2.79. The highest BCUT2D eigenvalue weighted by atomic mass is 16.5. The minimum absolute atomic E-state index is 0.642. The van der Waals surface area contributed by atoms with Crippen LogP contribution in [-0.2, 0) is 0 Å². The van der Waals surface area contributed by atoms with E-state index in [0.29, 0.717) is 5.56 Å². The molecule has 0 N–H and O–H groups in total. The molecule has 0 unspecified atom stereocenters. The van der Waals surface area contributed by atoms with Gasteiger partial charge in [-0.15, -0.1) is 0 Å². The van der Waals surface area contributed by atoms with Gasteiger partial charge in [-0.2, -0.15) is 5.26 Å². The summed E-state index contributed by atoms with van der Waals surface area (Å²) in [7, 11) is 1.69. The molecule has 0 fully saturated rings. The maximum atomic E-state index is 9.44. The van der Waals surface area contributed by atoms with Crippen molar-refractivity contribution in [1.29, 1.82) is 5.26 Å². The molecule has 0 aromatic heterocycles. The van der Waals surface area contributed by atoms with E-state index in [1.54, 1.807) is 7.11 Å². The number of allylic oxidation sites excluding steroid dienone is 4. The average molecular weight is 317 g/mol. The summed E-state index contributed by atoms with van der Waals surface area (Å²) in [4.78, 5) is 0. The van der Waals surface area contributed by atoms with Gasteiger partial charge < -0.3 is 4.74 Å². The first-order valence-corrected chi connectivity index (χ1v) is 8.28. The van der Waals surface area contributed by atoms with Crippen LogP contribution in [0.15, 0.2) is 60.7 Å². The normalized spacial score (nSPS) is 11.5. The zero-order valence-corrected chi connectivity index (χ0v) is 14.5. The molecular formula is C22H23NO. The predicted molar refractivity (Wildman–Crippen MR) is 101 cm³/mol.